The maximum atomic E-state index is 12.9. The fourth-order valence-electron chi connectivity index (χ4n) is 2.06. The molecule has 0 radical (unpaired) electrons. The minimum Gasteiger partial charge on any atom is -0.294 e. The summed E-state index contributed by atoms with van der Waals surface area (Å²) in [7, 11) is -1.62. The molecule has 0 amide bonds. The Morgan fingerprint density at radius 2 is 1.68 bits per heavy atom. The number of carbonyl (C=O) groups is 1. The molecule has 0 unspecified atom stereocenters. The van der Waals surface area contributed by atoms with Crippen molar-refractivity contribution in [2.24, 2.45) is 0 Å². The van der Waals surface area contributed by atoms with Gasteiger partial charge in [0, 0.05) is 10.6 Å². The second-order valence-corrected chi connectivity index (χ2v) is 12.4. The zero-order valence-corrected chi connectivity index (χ0v) is 14.1. The highest BCUT2D eigenvalue weighted by Gasteiger charge is 2.44. The molecule has 1 aromatic carbocycles. The van der Waals surface area contributed by atoms with Crippen molar-refractivity contribution in [3.63, 3.8) is 0 Å². The molecule has 1 nitrogen and oxygen atoms in total. The Kier molecular flexibility index (Phi) is 4.91. The lowest BCUT2D eigenvalue weighted by atomic mass is 9.94. The zero-order chi connectivity index (χ0) is 14.7. The predicted molar refractivity (Wildman–Crippen MR) is 86.5 cm³/mol. The third-order valence-electron chi connectivity index (χ3n) is 4.11. The molecule has 0 heterocycles. The Bertz CT molecular complexity index is 464. The minimum atomic E-state index is -1.62. The predicted octanol–water partition coefficient (Wildman–Crippen LogP) is 5.32. The molecule has 0 bridgehead atoms. The quantitative estimate of drug-likeness (QED) is 0.403. The van der Waals surface area contributed by atoms with Crippen LogP contribution in [0.1, 0.15) is 37.6 Å². The van der Waals surface area contributed by atoms with Gasteiger partial charge < -0.3 is 0 Å². The van der Waals surface area contributed by atoms with Gasteiger partial charge in [0.05, 0.1) is 8.07 Å². The highest BCUT2D eigenvalue weighted by Crippen LogP contribution is 2.44. The number of rotatable bonds is 5. The largest absolute Gasteiger partial charge is 0.294 e. The topological polar surface area (TPSA) is 17.1 Å². The summed E-state index contributed by atoms with van der Waals surface area (Å²) >= 11 is 0. The summed E-state index contributed by atoms with van der Waals surface area (Å²) in [5.41, 5.74) is 2.12. The van der Waals surface area contributed by atoms with E-state index in [0.717, 1.165) is 12.0 Å². The van der Waals surface area contributed by atoms with Gasteiger partial charge in [-0.1, -0.05) is 68.5 Å². The number of allylic oxidation sites excluding steroid dienone is 2. The fraction of sp³-hybridized carbons (Fsp3) is 0.471. The van der Waals surface area contributed by atoms with Gasteiger partial charge in [0.1, 0.15) is 0 Å². The molecular formula is C17H26OSi. The second kappa shape index (κ2) is 5.87. The molecule has 0 spiro atoms. The number of ketones is 1. The van der Waals surface area contributed by atoms with Crippen molar-refractivity contribution in [1.82, 2.24) is 0 Å². The van der Waals surface area contributed by atoms with Gasteiger partial charge >= 0.3 is 0 Å². The molecule has 19 heavy (non-hydrogen) atoms. The third-order valence-corrected chi connectivity index (χ3v) is 7.85. The molecule has 0 aliphatic heterocycles. The first-order chi connectivity index (χ1) is 8.68. The lowest BCUT2D eigenvalue weighted by Crippen LogP contribution is -2.43. The van der Waals surface area contributed by atoms with E-state index in [9.17, 15) is 4.79 Å². The van der Waals surface area contributed by atoms with E-state index in [4.69, 9.17) is 0 Å². The van der Waals surface area contributed by atoms with E-state index < -0.39 is 8.07 Å². The Balaban J connectivity index is 3.18. The van der Waals surface area contributed by atoms with Crippen LogP contribution >= 0.6 is 0 Å². The van der Waals surface area contributed by atoms with Crippen molar-refractivity contribution in [2.45, 2.75) is 51.9 Å². The standard InChI is InChI=1S/C17H26OSi/c1-14(2)12-13-17(3,19(4,5)6)16(18)15-10-8-7-9-11-15/h7-12H,13H2,1-6H3/t17-/m1/s1. The minimum absolute atomic E-state index is 0.244. The molecule has 0 aliphatic rings. The van der Waals surface area contributed by atoms with Crippen LogP contribution in [-0.2, 0) is 0 Å². The first-order valence-corrected chi connectivity index (χ1v) is 10.4. The van der Waals surface area contributed by atoms with Crippen molar-refractivity contribution in [3.8, 4) is 0 Å². The molecule has 2 heteroatoms. The maximum absolute atomic E-state index is 12.9. The molecule has 0 saturated carbocycles. The maximum Gasteiger partial charge on any atom is 0.166 e. The van der Waals surface area contributed by atoms with Gasteiger partial charge in [-0.25, -0.2) is 0 Å². The summed E-state index contributed by atoms with van der Waals surface area (Å²) in [6.45, 7) is 13.2. The van der Waals surface area contributed by atoms with Crippen molar-refractivity contribution in [1.29, 1.82) is 0 Å². The van der Waals surface area contributed by atoms with E-state index in [0.29, 0.717) is 5.78 Å². The average Bonchev–Trinajstić information content (AvgIpc) is 2.34. The summed E-state index contributed by atoms with van der Waals surface area (Å²) in [5, 5.41) is -0.244. The van der Waals surface area contributed by atoms with Crippen LogP contribution in [0, 0.1) is 0 Å². The molecule has 104 valence electrons. The highest BCUT2D eigenvalue weighted by atomic mass is 28.3. The summed E-state index contributed by atoms with van der Waals surface area (Å²) in [6.07, 6.45) is 3.05. The third kappa shape index (κ3) is 3.66. The van der Waals surface area contributed by atoms with E-state index in [1.165, 1.54) is 5.57 Å². The van der Waals surface area contributed by atoms with E-state index in [1.807, 2.05) is 30.3 Å². The molecule has 0 fully saturated rings. The van der Waals surface area contributed by atoms with Crippen LogP contribution < -0.4 is 0 Å². The number of hydrogen-bond acceptors (Lipinski definition) is 1. The lowest BCUT2D eigenvalue weighted by Gasteiger charge is -2.38. The van der Waals surface area contributed by atoms with Crippen molar-refractivity contribution in [2.75, 3.05) is 0 Å². The average molecular weight is 274 g/mol. The first kappa shape index (κ1) is 15.9. The Morgan fingerprint density at radius 1 is 1.16 bits per heavy atom. The molecule has 0 aliphatic carbocycles. The van der Waals surface area contributed by atoms with E-state index in [1.54, 1.807) is 0 Å². The SMILES string of the molecule is CC(C)=CC[C@](C)(C(=O)c1ccccc1)[Si](C)(C)C. The van der Waals surface area contributed by atoms with E-state index in [-0.39, 0.29) is 5.04 Å². The van der Waals surface area contributed by atoms with Gasteiger partial charge in [0.2, 0.25) is 0 Å². The molecular weight excluding hydrogens is 248 g/mol. The Morgan fingerprint density at radius 3 is 2.11 bits per heavy atom. The highest BCUT2D eigenvalue weighted by molar-refractivity contribution is 6.82. The van der Waals surface area contributed by atoms with Gasteiger partial charge in [-0.2, -0.15) is 0 Å². The van der Waals surface area contributed by atoms with Gasteiger partial charge in [0.15, 0.2) is 5.78 Å². The summed E-state index contributed by atoms with van der Waals surface area (Å²) in [6, 6.07) is 9.71. The van der Waals surface area contributed by atoms with Crippen LogP contribution in [-0.4, -0.2) is 13.9 Å². The van der Waals surface area contributed by atoms with E-state index >= 15 is 0 Å². The molecule has 0 aromatic heterocycles. The van der Waals surface area contributed by atoms with Crippen LogP contribution in [0.4, 0.5) is 0 Å². The van der Waals surface area contributed by atoms with E-state index in [2.05, 4.69) is 46.5 Å². The summed E-state index contributed by atoms with van der Waals surface area (Å²) in [4.78, 5) is 12.9. The van der Waals surface area contributed by atoms with Gasteiger partial charge in [-0.3, -0.25) is 4.79 Å². The molecule has 1 aromatic rings. The first-order valence-electron chi connectivity index (χ1n) is 6.92. The van der Waals surface area contributed by atoms with Crippen LogP contribution in [0.25, 0.3) is 0 Å². The van der Waals surface area contributed by atoms with Crippen molar-refractivity contribution >= 4 is 13.9 Å². The van der Waals surface area contributed by atoms with Crippen molar-refractivity contribution < 1.29 is 4.79 Å². The smallest absolute Gasteiger partial charge is 0.166 e. The molecule has 1 atom stereocenters. The van der Waals surface area contributed by atoms with Crippen LogP contribution in [0.15, 0.2) is 42.0 Å². The van der Waals surface area contributed by atoms with Crippen LogP contribution in [0.2, 0.25) is 24.7 Å². The second-order valence-electron chi connectivity index (χ2n) is 6.76. The van der Waals surface area contributed by atoms with Crippen molar-refractivity contribution in [3.05, 3.63) is 47.5 Å². The van der Waals surface area contributed by atoms with Gasteiger partial charge in [-0.05, 0) is 20.3 Å². The molecule has 0 N–H and O–H groups in total. The van der Waals surface area contributed by atoms with Crippen LogP contribution in [0.3, 0.4) is 0 Å². The van der Waals surface area contributed by atoms with Crippen LogP contribution in [0.5, 0.6) is 0 Å². The lowest BCUT2D eigenvalue weighted by molar-refractivity contribution is 0.0936. The van der Waals surface area contributed by atoms with Gasteiger partial charge in [0.25, 0.3) is 0 Å². The number of Topliss-reactive ketones (excluding diaryl/α,β-unsaturated/α-hetero) is 1. The number of hydrogen-bond donors (Lipinski definition) is 0. The Hall–Kier alpha value is -1.15. The Labute approximate surface area is 118 Å². The summed E-state index contributed by atoms with van der Waals surface area (Å²) < 4.78 is 0. The number of carbonyl (C=O) groups excluding carboxylic acids is 1. The molecule has 1 rings (SSSR count). The number of benzene rings is 1. The zero-order valence-electron chi connectivity index (χ0n) is 13.1. The normalized spacial score (nSPS) is 14.6. The monoisotopic (exact) mass is 274 g/mol. The fourth-order valence-corrected chi connectivity index (χ4v) is 3.60. The summed E-state index contributed by atoms with van der Waals surface area (Å²) in [5.74, 6) is 0.296. The molecule has 0 saturated heterocycles. The van der Waals surface area contributed by atoms with Gasteiger partial charge in [-0.15, -0.1) is 0 Å².